The van der Waals surface area contributed by atoms with Crippen LogP contribution in [0.2, 0.25) is 0 Å². The lowest BCUT2D eigenvalue weighted by molar-refractivity contribution is 0.835. The van der Waals surface area contributed by atoms with Gasteiger partial charge in [-0.1, -0.05) is 137 Å². The first-order valence-corrected chi connectivity index (χ1v) is 14.1. The minimum absolute atomic E-state index is 0.416. The lowest BCUT2D eigenvalue weighted by Gasteiger charge is -2.24. The highest BCUT2D eigenvalue weighted by Crippen LogP contribution is 2.50. The lowest BCUT2D eigenvalue weighted by Crippen LogP contribution is -2.13. The highest BCUT2D eigenvalue weighted by atomic mass is 31.1. The molecule has 0 heterocycles. The molecule has 1 nitrogen and oxygen atoms in total. The van der Waals surface area contributed by atoms with Gasteiger partial charge in [-0.05, 0) is 64.9 Å². The normalized spacial score (nSPS) is 12.6. The quantitative estimate of drug-likeness (QED) is 0.173. The van der Waals surface area contributed by atoms with E-state index in [1.165, 1.54) is 38.2 Å². The molecule has 0 saturated heterocycles. The van der Waals surface area contributed by atoms with Crippen LogP contribution in [-0.4, -0.2) is 6.21 Å². The van der Waals surface area contributed by atoms with Crippen LogP contribution in [0.4, 0.5) is 5.69 Å². The van der Waals surface area contributed by atoms with Crippen LogP contribution < -0.4 is 10.6 Å². The Hall–Kier alpha value is -3.28. The standard InChI is InChI=1S/C34H36NP/c1-25(2)31-22-15-23-32(26(3)4)33(31)35-24-27(5)34(28-16-9-6-10-17-28)36(29-18-11-7-12-19-29)30-20-13-8-14-21-30/h6-26H,1-5H3/b34-27-,35-24?. The summed E-state index contributed by atoms with van der Waals surface area (Å²) in [4.78, 5) is 5.19. The molecule has 2 heteroatoms. The van der Waals surface area contributed by atoms with Gasteiger partial charge in [-0.2, -0.15) is 0 Å². The van der Waals surface area contributed by atoms with E-state index in [4.69, 9.17) is 4.99 Å². The first-order chi connectivity index (χ1) is 17.5. The second-order valence-corrected chi connectivity index (χ2v) is 11.9. The molecule has 4 aromatic rings. The summed E-state index contributed by atoms with van der Waals surface area (Å²) in [6, 6.07) is 39.3. The number of para-hydroxylation sites is 1. The maximum Gasteiger partial charge on any atom is 0.0698 e. The van der Waals surface area contributed by atoms with Crippen LogP contribution in [0.25, 0.3) is 5.31 Å². The van der Waals surface area contributed by atoms with Crippen molar-refractivity contribution in [2.45, 2.75) is 46.5 Å². The summed E-state index contributed by atoms with van der Waals surface area (Å²) in [5.74, 6) is 0.832. The molecule has 4 aromatic carbocycles. The fraction of sp³-hybridized carbons (Fsp3) is 0.206. The molecule has 0 fully saturated rings. The molecule has 0 N–H and O–H groups in total. The minimum atomic E-state index is -0.762. The van der Waals surface area contributed by atoms with E-state index < -0.39 is 7.92 Å². The molecule has 0 radical (unpaired) electrons. The molecule has 182 valence electrons. The molecule has 0 spiro atoms. The van der Waals surface area contributed by atoms with E-state index in [-0.39, 0.29) is 0 Å². The first kappa shape index (κ1) is 25.8. The number of benzene rings is 4. The summed E-state index contributed by atoms with van der Waals surface area (Å²) in [5, 5.41) is 4.03. The molecule has 0 amide bonds. The first-order valence-electron chi connectivity index (χ1n) is 12.8. The molecule has 36 heavy (non-hydrogen) atoms. The van der Waals surface area contributed by atoms with E-state index in [1.54, 1.807) is 0 Å². The Kier molecular flexibility index (Phi) is 8.68. The zero-order chi connectivity index (χ0) is 25.5. The summed E-state index contributed by atoms with van der Waals surface area (Å²) in [5.41, 5.74) is 6.19. The lowest BCUT2D eigenvalue weighted by atomic mass is 9.93. The largest absolute Gasteiger partial charge is 0.256 e. The van der Waals surface area contributed by atoms with Crippen molar-refractivity contribution in [2.24, 2.45) is 4.99 Å². The molecule has 0 aliphatic rings. The Bertz CT molecular complexity index is 1250. The van der Waals surface area contributed by atoms with Crippen LogP contribution in [-0.2, 0) is 0 Å². The van der Waals surface area contributed by atoms with Crippen molar-refractivity contribution in [1.82, 2.24) is 0 Å². The van der Waals surface area contributed by atoms with Gasteiger partial charge in [-0.25, -0.2) is 0 Å². The van der Waals surface area contributed by atoms with Gasteiger partial charge in [-0.15, -0.1) is 0 Å². The van der Waals surface area contributed by atoms with Crippen LogP contribution in [0.5, 0.6) is 0 Å². The molecular formula is C34H36NP. The van der Waals surface area contributed by atoms with Crippen molar-refractivity contribution in [3.8, 4) is 0 Å². The number of rotatable bonds is 8. The third kappa shape index (κ3) is 5.92. The fourth-order valence-corrected chi connectivity index (χ4v) is 7.15. The van der Waals surface area contributed by atoms with Crippen molar-refractivity contribution < 1.29 is 0 Å². The van der Waals surface area contributed by atoms with Gasteiger partial charge in [0.2, 0.25) is 0 Å². The van der Waals surface area contributed by atoms with Gasteiger partial charge < -0.3 is 0 Å². The number of aliphatic imine (C=N–C) groups is 1. The van der Waals surface area contributed by atoms with Gasteiger partial charge in [0.05, 0.1) is 5.69 Å². The highest BCUT2D eigenvalue weighted by Gasteiger charge is 2.22. The van der Waals surface area contributed by atoms with Gasteiger partial charge in [0.15, 0.2) is 0 Å². The predicted molar refractivity (Wildman–Crippen MR) is 161 cm³/mol. The zero-order valence-corrected chi connectivity index (χ0v) is 22.9. The Labute approximate surface area is 218 Å². The monoisotopic (exact) mass is 489 g/mol. The van der Waals surface area contributed by atoms with Gasteiger partial charge in [0.1, 0.15) is 0 Å². The van der Waals surface area contributed by atoms with Crippen LogP contribution in [0.15, 0.2) is 120 Å². The van der Waals surface area contributed by atoms with Crippen molar-refractivity contribution in [3.63, 3.8) is 0 Å². The summed E-state index contributed by atoms with van der Waals surface area (Å²) in [6.45, 7) is 11.2. The minimum Gasteiger partial charge on any atom is -0.256 e. The van der Waals surface area contributed by atoms with Gasteiger partial charge in [0.25, 0.3) is 0 Å². The van der Waals surface area contributed by atoms with Gasteiger partial charge in [-0.3, -0.25) is 4.99 Å². The van der Waals surface area contributed by atoms with Crippen molar-refractivity contribution >= 4 is 35.7 Å². The molecule has 4 rings (SSSR count). The molecule has 0 unspecified atom stereocenters. The van der Waals surface area contributed by atoms with E-state index in [0.29, 0.717) is 11.8 Å². The van der Waals surface area contributed by atoms with Crippen molar-refractivity contribution in [2.75, 3.05) is 0 Å². The second kappa shape index (κ2) is 12.1. The van der Waals surface area contributed by atoms with Crippen LogP contribution >= 0.6 is 7.92 Å². The van der Waals surface area contributed by atoms with E-state index in [2.05, 4.69) is 150 Å². The summed E-state index contributed by atoms with van der Waals surface area (Å²) in [6.07, 6.45) is 2.11. The number of nitrogens with zero attached hydrogens (tertiary/aromatic N) is 1. The molecule has 0 atom stereocenters. The Balaban J connectivity index is 1.94. The Morgan fingerprint density at radius 2 is 1.06 bits per heavy atom. The predicted octanol–water partition coefficient (Wildman–Crippen LogP) is 9.20. The summed E-state index contributed by atoms with van der Waals surface area (Å²) >= 11 is 0. The highest BCUT2D eigenvalue weighted by molar-refractivity contribution is 7.82. The summed E-state index contributed by atoms with van der Waals surface area (Å²) < 4.78 is 0. The fourth-order valence-electron chi connectivity index (χ4n) is 4.57. The zero-order valence-electron chi connectivity index (χ0n) is 22.0. The van der Waals surface area contributed by atoms with E-state index in [0.717, 1.165) is 5.69 Å². The Morgan fingerprint density at radius 3 is 1.50 bits per heavy atom. The third-order valence-corrected chi connectivity index (χ3v) is 9.09. The van der Waals surface area contributed by atoms with E-state index >= 15 is 0 Å². The topological polar surface area (TPSA) is 12.4 Å². The SMILES string of the molecule is C/C(C=Nc1c(C(C)C)cccc1C(C)C)=C(\c1ccccc1)P(c1ccccc1)c1ccccc1. The molecule has 0 aliphatic carbocycles. The van der Waals surface area contributed by atoms with Crippen LogP contribution in [0, 0.1) is 0 Å². The van der Waals surface area contributed by atoms with Crippen molar-refractivity contribution in [3.05, 3.63) is 131 Å². The smallest absolute Gasteiger partial charge is 0.0698 e. The van der Waals surface area contributed by atoms with E-state index in [1.807, 2.05) is 0 Å². The van der Waals surface area contributed by atoms with Gasteiger partial charge in [0, 0.05) is 6.21 Å². The molecule has 0 aromatic heterocycles. The number of hydrogen-bond acceptors (Lipinski definition) is 1. The summed E-state index contributed by atoms with van der Waals surface area (Å²) in [7, 11) is -0.762. The molecule has 0 saturated carbocycles. The molecule has 0 bridgehead atoms. The molecule has 0 aliphatic heterocycles. The van der Waals surface area contributed by atoms with Crippen LogP contribution in [0.1, 0.15) is 63.1 Å². The second-order valence-electron chi connectivity index (χ2n) is 9.76. The maximum atomic E-state index is 5.19. The van der Waals surface area contributed by atoms with Gasteiger partial charge >= 0.3 is 0 Å². The number of allylic oxidation sites excluding steroid dienone is 1. The number of hydrogen-bond donors (Lipinski definition) is 0. The van der Waals surface area contributed by atoms with Crippen LogP contribution in [0.3, 0.4) is 0 Å². The maximum absolute atomic E-state index is 5.19. The van der Waals surface area contributed by atoms with Crippen molar-refractivity contribution in [1.29, 1.82) is 0 Å². The Morgan fingerprint density at radius 1 is 0.611 bits per heavy atom. The average molecular weight is 490 g/mol. The third-order valence-electron chi connectivity index (χ3n) is 6.40. The molecular weight excluding hydrogens is 453 g/mol. The average Bonchev–Trinajstić information content (AvgIpc) is 2.91. The van der Waals surface area contributed by atoms with E-state index in [9.17, 15) is 0 Å².